The fraction of sp³-hybridized carbons (Fsp3) is 0.778. The summed E-state index contributed by atoms with van der Waals surface area (Å²) in [4.78, 5) is 26.2. The molecular formula is C18H31NO7Si. The van der Waals surface area contributed by atoms with Crippen molar-refractivity contribution in [2.45, 2.75) is 83.4 Å². The smallest absolute Gasteiger partial charge is 0.257 e. The zero-order valence-electron chi connectivity index (χ0n) is 17.0. The van der Waals surface area contributed by atoms with E-state index in [-0.39, 0.29) is 16.2 Å². The highest BCUT2D eigenvalue weighted by molar-refractivity contribution is 6.74. The number of carbonyl (C=O) groups is 2. The summed E-state index contributed by atoms with van der Waals surface area (Å²) >= 11 is 0. The van der Waals surface area contributed by atoms with E-state index in [1.165, 1.54) is 0 Å². The summed E-state index contributed by atoms with van der Waals surface area (Å²) in [7, 11) is -2.42. The van der Waals surface area contributed by atoms with Gasteiger partial charge < -0.3 is 24.5 Å². The summed E-state index contributed by atoms with van der Waals surface area (Å²) in [6.45, 7) is 12.6. The summed E-state index contributed by atoms with van der Waals surface area (Å²) in [5, 5.41) is 30.3. The standard InChI is InChI=1S/C18H31NO7Si/c1-9-10(2)16(24)19(15(9)23)12-14(22)13(21)11(8-20)25-17(12)26-27(6,7)18(3,4)5/h11-14,17,20-22H,8H2,1-7H3/t11-,12-,13-,14-,17+/m1/s1. The summed E-state index contributed by atoms with van der Waals surface area (Å²) in [5.74, 6) is -1.08. The van der Waals surface area contributed by atoms with Gasteiger partial charge >= 0.3 is 0 Å². The molecule has 0 aromatic heterocycles. The Balaban J connectivity index is 2.44. The average Bonchev–Trinajstić information content (AvgIpc) is 2.74. The molecule has 1 fully saturated rings. The first-order valence-electron chi connectivity index (χ1n) is 9.10. The molecule has 2 aliphatic heterocycles. The fourth-order valence-electron chi connectivity index (χ4n) is 2.95. The second-order valence-electron chi connectivity index (χ2n) is 8.81. The maximum absolute atomic E-state index is 12.6. The van der Waals surface area contributed by atoms with Gasteiger partial charge in [-0.05, 0) is 32.0 Å². The van der Waals surface area contributed by atoms with Crippen LogP contribution in [0.1, 0.15) is 34.6 Å². The Hall–Kier alpha value is -1.10. The van der Waals surface area contributed by atoms with E-state index >= 15 is 0 Å². The third-order valence-electron chi connectivity index (χ3n) is 6.01. The lowest BCUT2D eigenvalue weighted by molar-refractivity contribution is -0.262. The predicted molar refractivity (Wildman–Crippen MR) is 100 cm³/mol. The van der Waals surface area contributed by atoms with Crippen LogP contribution >= 0.6 is 0 Å². The highest BCUT2D eigenvalue weighted by atomic mass is 28.4. The molecule has 0 aliphatic carbocycles. The molecule has 154 valence electrons. The summed E-state index contributed by atoms with van der Waals surface area (Å²) in [5.41, 5.74) is 0.578. The van der Waals surface area contributed by atoms with Gasteiger partial charge in [-0.1, -0.05) is 20.8 Å². The number of aliphatic hydroxyl groups is 3. The number of aliphatic hydroxyl groups excluding tert-OH is 3. The number of imide groups is 1. The fourth-order valence-corrected chi connectivity index (χ4v) is 4.08. The number of rotatable bonds is 4. The quantitative estimate of drug-likeness (QED) is 0.464. The molecule has 8 nitrogen and oxygen atoms in total. The number of hydrogen-bond donors (Lipinski definition) is 3. The van der Waals surface area contributed by atoms with Crippen molar-refractivity contribution >= 4 is 20.1 Å². The SMILES string of the molecule is CC1=C(C)C(=O)N([C@H]2[C@H](O[Si](C)(C)C(C)(C)C)O[C@H](CO)[C@@H](O)[C@@H]2O)C1=O. The second-order valence-corrected chi connectivity index (χ2v) is 13.6. The highest BCUT2D eigenvalue weighted by Crippen LogP contribution is 2.40. The number of hydrogen-bond acceptors (Lipinski definition) is 7. The molecule has 2 rings (SSSR count). The van der Waals surface area contributed by atoms with Gasteiger partial charge in [0.25, 0.3) is 11.8 Å². The molecule has 0 saturated carbocycles. The summed E-state index contributed by atoms with van der Waals surface area (Å²) < 4.78 is 12.0. The molecule has 3 N–H and O–H groups in total. The van der Waals surface area contributed by atoms with E-state index in [1.54, 1.807) is 13.8 Å². The van der Waals surface area contributed by atoms with Crippen LogP contribution in [0.4, 0.5) is 0 Å². The first-order valence-corrected chi connectivity index (χ1v) is 12.0. The van der Waals surface area contributed by atoms with Crippen LogP contribution in [0.2, 0.25) is 18.1 Å². The lowest BCUT2D eigenvalue weighted by Gasteiger charge is -2.48. The van der Waals surface area contributed by atoms with Crippen molar-refractivity contribution in [3.8, 4) is 0 Å². The van der Waals surface area contributed by atoms with Gasteiger partial charge in [0.1, 0.15) is 24.4 Å². The molecule has 0 spiro atoms. The van der Waals surface area contributed by atoms with Gasteiger partial charge in [0.05, 0.1) is 6.61 Å². The second kappa shape index (κ2) is 7.38. The van der Waals surface area contributed by atoms with Gasteiger partial charge in [0.2, 0.25) is 0 Å². The van der Waals surface area contributed by atoms with Crippen molar-refractivity contribution < 1.29 is 34.1 Å². The molecule has 9 heteroatoms. The molecule has 1 saturated heterocycles. The Morgan fingerprint density at radius 3 is 1.96 bits per heavy atom. The first kappa shape index (κ1) is 22.2. The lowest BCUT2D eigenvalue weighted by Crippen LogP contribution is -2.67. The number of amides is 2. The molecule has 0 unspecified atom stereocenters. The third-order valence-corrected chi connectivity index (χ3v) is 10.4. The zero-order valence-corrected chi connectivity index (χ0v) is 18.0. The molecule has 0 bridgehead atoms. The Morgan fingerprint density at radius 2 is 1.56 bits per heavy atom. The van der Waals surface area contributed by atoms with Gasteiger partial charge in [-0.3, -0.25) is 14.5 Å². The molecule has 0 aromatic rings. The van der Waals surface area contributed by atoms with Crippen LogP contribution in [0.5, 0.6) is 0 Å². The van der Waals surface area contributed by atoms with Crippen LogP contribution in [0.25, 0.3) is 0 Å². The molecule has 2 heterocycles. The van der Waals surface area contributed by atoms with Crippen LogP contribution in [0, 0.1) is 0 Å². The normalized spacial score (nSPS) is 33.3. The van der Waals surface area contributed by atoms with Crippen LogP contribution in [0.15, 0.2) is 11.1 Å². The van der Waals surface area contributed by atoms with Gasteiger partial charge in [-0.25, -0.2) is 0 Å². The number of ether oxygens (including phenoxy) is 1. The zero-order chi connectivity index (χ0) is 20.9. The monoisotopic (exact) mass is 401 g/mol. The first-order chi connectivity index (χ1) is 12.2. The third kappa shape index (κ3) is 3.76. The van der Waals surface area contributed by atoms with Crippen LogP contribution in [0.3, 0.4) is 0 Å². The van der Waals surface area contributed by atoms with Crippen molar-refractivity contribution in [3.05, 3.63) is 11.1 Å². The van der Waals surface area contributed by atoms with E-state index in [4.69, 9.17) is 9.16 Å². The summed E-state index contributed by atoms with van der Waals surface area (Å²) in [6, 6.07) is -1.20. The number of carbonyl (C=O) groups excluding carboxylic acids is 2. The Labute approximate surface area is 160 Å². The molecular weight excluding hydrogens is 370 g/mol. The minimum atomic E-state index is -2.42. The van der Waals surface area contributed by atoms with Crippen molar-refractivity contribution in [1.29, 1.82) is 0 Å². The topological polar surface area (TPSA) is 117 Å². The number of nitrogens with zero attached hydrogens (tertiary/aromatic N) is 1. The van der Waals surface area contributed by atoms with Crippen LogP contribution in [-0.2, 0) is 18.8 Å². The van der Waals surface area contributed by atoms with E-state index in [2.05, 4.69) is 0 Å². The van der Waals surface area contributed by atoms with E-state index in [1.807, 2.05) is 33.9 Å². The molecule has 27 heavy (non-hydrogen) atoms. The van der Waals surface area contributed by atoms with Gasteiger partial charge in [0, 0.05) is 11.1 Å². The molecule has 2 amide bonds. The van der Waals surface area contributed by atoms with Gasteiger partial charge in [-0.15, -0.1) is 0 Å². The molecule has 2 aliphatic rings. The minimum absolute atomic E-state index is 0.195. The highest BCUT2D eigenvalue weighted by Gasteiger charge is 2.54. The van der Waals surface area contributed by atoms with Gasteiger partial charge in [-0.2, -0.15) is 0 Å². The van der Waals surface area contributed by atoms with E-state index in [0.29, 0.717) is 0 Å². The van der Waals surface area contributed by atoms with Crippen molar-refractivity contribution in [2.75, 3.05) is 6.61 Å². The van der Waals surface area contributed by atoms with Crippen molar-refractivity contribution in [1.82, 2.24) is 4.90 Å². The van der Waals surface area contributed by atoms with Crippen molar-refractivity contribution in [2.24, 2.45) is 0 Å². The average molecular weight is 402 g/mol. The van der Waals surface area contributed by atoms with Crippen LogP contribution in [-0.4, -0.2) is 77.6 Å². The largest absolute Gasteiger partial charge is 0.394 e. The molecule has 0 aromatic carbocycles. The maximum Gasteiger partial charge on any atom is 0.257 e. The lowest BCUT2D eigenvalue weighted by atomic mass is 9.95. The van der Waals surface area contributed by atoms with E-state index in [0.717, 1.165) is 4.90 Å². The van der Waals surface area contributed by atoms with Crippen LogP contribution < -0.4 is 0 Å². The molecule has 5 atom stereocenters. The van der Waals surface area contributed by atoms with E-state index < -0.39 is 57.4 Å². The summed E-state index contributed by atoms with van der Waals surface area (Å²) in [6.07, 6.45) is -5.18. The predicted octanol–water partition coefficient (Wildman–Crippen LogP) is 0.521. The Morgan fingerprint density at radius 1 is 1.07 bits per heavy atom. The van der Waals surface area contributed by atoms with Crippen molar-refractivity contribution in [3.63, 3.8) is 0 Å². The molecule has 0 radical (unpaired) electrons. The van der Waals surface area contributed by atoms with E-state index in [9.17, 15) is 24.9 Å². The maximum atomic E-state index is 12.6. The van der Waals surface area contributed by atoms with Gasteiger partial charge in [0.15, 0.2) is 14.6 Å². The Kier molecular flexibility index (Phi) is 6.06. The Bertz CT molecular complexity index is 631. The minimum Gasteiger partial charge on any atom is -0.394 e.